The van der Waals surface area contributed by atoms with Gasteiger partial charge in [-0.1, -0.05) is 31.0 Å². The van der Waals surface area contributed by atoms with Gasteiger partial charge in [-0.15, -0.1) is 0 Å². The molecule has 1 fully saturated rings. The molecule has 2 aromatic rings. The number of amides is 3. The van der Waals surface area contributed by atoms with Crippen LogP contribution in [0.3, 0.4) is 0 Å². The van der Waals surface area contributed by atoms with Crippen molar-refractivity contribution in [1.29, 1.82) is 0 Å². The molecule has 166 valence electrons. The molecule has 0 radical (unpaired) electrons. The number of urea groups is 1. The van der Waals surface area contributed by atoms with Crippen LogP contribution in [0.4, 0.5) is 29.3 Å². The van der Waals surface area contributed by atoms with Gasteiger partial charge in [-0.25, -0.2) is 4.79 Å². The number of nitrogens with zero attached hydrogens (tertiary/aromatic N) is 1. The van der Waals surface area contributed by atoms with E-state index in [0.29, 0.717) is 5.69 Å². The van der Waals surface area contributed by atoms with E-state index in [1.807, 2.05) is 13.0 Å². The predicted molar refractivity (Wildman–Crippen MR) is 114 cm³/mol. The first-order valence-corrected chi connectivity index (χ1v) is 10.3. The van der Waals surface area contributed by atoms with Crippen molar-refractivity contribution in [3.8, 4) is 0 Å². The normalized spacial score (nSPS) is 14.3. The maximum absolute atomic E-state index is 13.2. The Kier molecular flexibility index (Phi) is 7.20. The number of alkyl halides is 3. The molecule has 3 amide bonds. The van der Waals surface area contributed by atoms with Crippen molar-refractivity contribution in [2.75, 3.05) is 23.3 Å². The molecule has 0 atom stereocenters. The summed E-state index contributed by atoms with van der Waals surface area (Å²) in [6.07, 6.45) is -0.792. The fourth-order valence-corrected chi connectivity index (χ4v) is 3.74. The van der Waals surface area contributed by atoms with Gasteiger partial charge in [0.2, 0.25) is 5.91 Å². The van der Waals surface area contributed by atoms with E-state index < -0.39 is 17.8 Å². The third kappa shape index (κ3) is 6.23. The second kappa shape index (κ2) is 9.85. The highest BCUT2D eigenvalue weighted by molar-refractivity contribution is 6.01. The van der Waals surface area contributed by atoms with Crippen LogP contribution in [-0.2, 0) is 11.0 Å². The van der Waals surface area contributed by atoms with Crippen molar-refractivity contribution in [3.63, 3.8) is 0 Å². The lowest BCUT2D eigenvalue weighted by molar-refractivity contribution is -0.137. The number of carbonyl (C=O) groups is 2. The second-order valence-corrected chi connectivity index (χ2v) is 7.77. The van der Waals surface area contributed by atoms with Crippen LogP contribution in [0.1, 0.15) is 36.8 Å². The Balaban J connectivity index is 1.76. The molecule has 0 spiro atoms. The molecule has 0 bridgehead atoms. The number of benzene rings is 2. The minimum Gasteiger partial charge on any atom is -0.354 e. The number of hydrogen-bond donors (Lipinski definition) is 2. The molecule has 1 aliphatic carbocycles. The molecule has 3 rings (SSSR count). The van der Waals surface area contributed by atoms with Crippen LogP contribution in [-0.4, -0.2) is 25.0 Å². The first kappa shape index (κ1) is 22.7. The topological polar surface area (TPSA) is 61.4 Å². The van der Waals surface area contributed by atoms with Crippen LogP contribution in [0, 0.1) is 12.8 Å². The molecule has 2 N–H and O–H groups in total. The van der Waals surface area contributed by atoms with E-state index >= 15 is 0 Å². The number of rotatable bonds is 6. The lowest BCUT2D eigenvalue weighted by Crippen LogP contribution is -2.42. The number of halogens is 3. The van der Waals surface area contributed by atoms with Crippen LogP contribution < -0.4 is 15.5 Å². The number of aryl methyl sites for hydroxylation is 1. The molecular formula is C23H26F3N3O2. The fourth-order valence-electron chi connectivity index (χ4n) is 3.74. The van der Waals surface area contributed by atoms with Crippen molar-refractivity contribution in [2.24, 2.45) is 5.92 Å². The van der Waals surface area contributed by atoms with Gasteiger partial charge in [0.15, 0.2) is 0 Å². The monoisotopic (exact) mass is 433 g/mol. The van der Waals surface area contributed by atoms with E-state index in [0.717, 1.165) is 43.4 Å². The Morgan fingerprint density at radius 3 is 2.45 bits per heavy atom. The summed E-state index contributed by atoms with van der Waals surface area (Å²) < 4.78 is 39.5. The quantitative estimate of drug-likeness (QED) is 0.644. The average molecular weight is 433 g/mol. The van der Waals surface area contributed by atoms with Crippen LogP contribution in [0.2, 0.25) is 0 Å². The van der Waals surface area contributed by atoms with E-state index in [1.165, 1.54) is 17.0 Å². The van der Waals surface area contributed by atoms with Crippen molar-refractivity contribution in [2.45, 2.75) is 38.8 Å². The average Bonchev–Trinajstić information content (AvgIpc) is 3.25. The Morgan fingerprint density at radius 2 is 1.77 bits per heavy atom. The molecule has 0 unspecified atom stereocenters. The van der Waals surface area contributed by atoms with Crippen molar-refractivity contribution < 1.29 is 22.8 Å². The van der Waals surface area contributed by atoms with Gasteiger partial charge in [-0.05, 0) is 55.7 Å². The van der Waals surface area contributed by atoms with Gasteiger partial charge in [0.05, 0.1) is 5.56 Å². The maximum Gasteiger partial charge on any atom is 0.416 e. The second-order valence-electron chi connectivity index (χ2n) is 7.77. The molecule has 2 aromatic carbocycles. The van der Waals surface area contributed by atoms with Gasteiger partial charge in [-0.3, -0.25) is 9.69 Å². The third-order valence-corrected chi connectivity index (χ3v) is 5.36. The van der Waals surface area contributed by atoms with Gasteiger partial charge in [0.25, 0.3) is 0 Å². The molecule has 0 aromatic heterocycles. The Labute approximate surface area is 179 Å². The maximum atomic E-state index is 13.2. The van der Waals surface area contributed by atoms with Crippen molar-refractivity contribution in [1.82, 2.24) is 5.32 Å². The number of hydrogen-bond acceptors (Lipinski definition) is 2. The van der Waals surface area contributed by atoms with Gasteiger partial charge >= 0.3 is 12.2 Å². The molecule has 5 nitrogen and oxygen atoms in total. The minimum absolute atomic E-state index is 0.0249. The highest BCUT2D eigenvalue weighted by Gasteiger charge is 2.31. The third-order valence-electron chi connectivity index (χ3n) is 5.36. The van der Waals surface area contributed by atoms with E-state index in [9.17, 15) is 22.8 Å². The smallest absolute Gasteiger partial charge is 0.354 e. The summed E-state index contributed by atoms with van der Waals surface area (Å²) in [6.45, 7) is 2.06. The van der Waals surface area contributed by atoms with Crippen LogP contribution >= 0.6 is 0 Å². The summed E-state index contributed by atoms with van der Waals surface area (Å²) in [5, 5.41) is 5.54. The lowest BCUT2D eigenvalue weighted by Gasteiger charge is -2.25. The first-order chi connectivity index (χ1) is 14.7. The van der Waals surface area contributed by atoms with Crippen LogP contribution in [0.15, 0.2) is 48.5 Å². The molecule has 0 aliphatic heterocycles. The molecule has 1 saturated carbocycles. The van der Waals surface area contributed by atoms with Gasteiger partial charge in [-0.2, -0.15) is 13.2 Å². The highest BCUT2D eigenvalue weighted by Crippen LogP contribution is 2.32. The zero-order chi connectivity index (χ0) is 22.4. The zero-order valence-electron chi connectivity index (χ0n) is 17.3. The molecule has 1 aliphatic rings. The van der Waals surface area contributed by atoms with Gasteiger partial charge in [0, 0.05) is 30.4 Å². The molecule has 8 heteroatoms. The lowest BCUT2D eigenvalue weighted by atomic mass is 10.1. The Bertz CT molecular complexity index is 924. The number of anilines is 2. The number of nitrogens with one attached hydrogen (secondary N) is 2. The number of carbonyl (C=O) groups excluding carboxylic acids is 2. The molecule has 31 heavy (non-hydrogen) atoms. The first-order valence-electron chi connectivity index (χ1n) is 10.3. The van der Waals surface area contributed by atoms with E-state index in [1.54, 1.807) is 18.2 Å². The summed E-state index contributed by atoms with van der Waals surface area (Å²) >= 11 is 0. The Hall–Kier alpha value is -3.03. The predicted octanol–water partition coefficient (Wildman–Crippen LogP) is 5.36. The summed E-state index contributed by atoms with van der Waals surface area (Å²) in [4.78, 5) is 26.4. The van der Waals surface area contributed by atoms with Gasteiger partial charge in [0.1, 0.15) is 0 Å². The fraction of sp³-hybridized carbons (Fsp3) is 0.391. The largest absolute Gasteiger partial charge is 0.416 e. The van der Waals surface area contributed by atoms with Gasteiger partial charge < -0.3 is 10.6 Å². The van der Waals surface area contributed by atoms with Crippen molar-refractivity contribution >= 4 is 23.3 Å². The summed E-state index contributed by atoms with van der Waals surface area (Å²) in [6, 6.07) is 11.2. The SMILES string of the molecule is Cc1cccc(NC(=O)N(CCNC(=O)C2CCCC2)c2cccc(C(F)(F)F)c2)c1. The Morgan fingerprint density at radius 1 is 1.06 bits per heavy atom. The zero-order valence-corrected chi connectivity index (χ0v) is 17.3. The van der Waals surface area contributed by atoms with E-state index in [-0.39, 0.29) is 30.6 Å². The van der Waals surface area contributed by atoms with Crippen molar-refractivity contribution in [3.05, 3.63) is 59.7 Å². The van der Waals surface area contributed by atoms with Crippen LogP contribution in [0.5, 0.6) is 0 Å². The highest BCUT2D eigenvalue weighted by atomic mass is 19.4. The molecule has 0 saturated heterocycles. The van der Waals surface area contributed by atoms with E-state index in [2.05, 4.69) is 10.6 Å². The van der Waals surface area contributed by atoms with E-state index in [4.69, 9.17) is 0 Å². The minimum atomic E-state index is -4.52. The summed E-state index contributed by atoms with van der Waals surface area (Å²) in [7, 11) is 0. The molecule has 0 heterocycles. The van der Waals surface area contributed by atoms with Crippen LogP contribution in [0.25, 0.3) is 0 Å². The molecular weight excluding hydrogens is 407 g/mol. The summed E-state index contributed by atoms with van der Waals surface area (Å²) in [5.41, 5.74) is 0.743. The standard InChI is InChI=1S/C23H26F3N3O2/c1-16-6-4-10-19(14-16)28-22(31)29(13-12-27-21(30)17-7-2-3-8-17)20-11-5-9-18(15-20)23(24,25)26/h4-6,9-11,14-15,17H,2-3,7-8,12-13H2,1H3,(H,27,30)(H,28,31). The summed E-state index contributed by atoms with van der Waals surface area (Å²) in [5.74, 6) is -0.0938.